The topological polar surface area (TPSA) is 44.5 Å². The zero-order valence-corrected chi connectivity index (χ0v) is 13.8. The van der Waals surface area contributed by atoms with Gasteiger partial charge in [0.2, 0.25) is 5.89 Å². The summed E-state index contributed by atoms with van der Waals surface area (Å²) < 4.78 is 16.7. The summed E-state index contributed by atoms with van der Waals surface area (Å²) in [5.74, 6) is 2.21. The molecule has 0 amide bonds. The Morgan fingerprint density at radius 1 is 0.920 bits per heavy atom. The Kier molecular flexibility index (Phi) is 4.09. The lowest BCUT2D eigenvalue weighted by atomic mass is 10.1. The number of fused-ring (bicyclic) bond motifs is 1. The lowest BCUT2D eigenvalue weighted by Gasteiger charge is -2.07. The van der Waals surface area contributed by atoms with Crippen molar-refractivity contribution < 1.29 is 13.9 Å². The molecule has 0 aliphatic heterocycles. The minimum atomic E-state index is 0.355. The Morgan fingerprint density at radius 3 is 2.56 bits per heavy atom. The minimum absolute atomic E-state index is 0.355. The van der Waals surface area contributed by atoms with E-state index in [0.717, 1.165) is 33.5 Å². The molecule has 0 aliphatic rings. The maximum absolute atomic E-state index is 5.95. The summed E-state index contributed by atoms with van der Waals surface area (Å²) in [5, 5.41) is 2.24. The van der Waals surface area contributed by atoms with Crippen LogP contribution >= 0.6 is 0 Å². The van der Waals surface area contributed by atoms with Crippen LogP contribution in [0, 0.1) is 0 Å². The van der Waals surface area contributed by atoms with Crippen LogP contribution in [0.2, 0.25) is 0 Å². The molecule has 3 aromatic carbocycles. The van der Waals surface area contributed by atoms with E-state index in [-0.39, 0.29) is 0 Å². The van der Waals surface area contributed by atoms with Gasteiger partial charge in [0.25, 0.3) is 0 Å². The van der Waals surface area contributed by atoms with Crippen LogP contribution in [-0.4, -0.2) is 12.1 Å². The second-order valence-corrected chi connectivity index (χ2v) is 5.64. The lowest BCUT2D eigenvalue weighted by Crippen LogP contribution is -1.96. The van der Waals surface area contributed by atoms with Crippen molar-refractivity contribution in [2.75, 3.05) is 7.11 Å². The summed E-state index contributed by atoms with van der Waals surface area (Å²) in [4.78, 5) is 4.50. The van der Waals surface area contributed by atoms with Crippen molar-refractivity contribution in [2.24, 2.45) is 0 Å². The van der Waals surface area contributed by atoms with Gasteiger partial charge in [0, 0.05) is 10.9 Å². The molecule has 124 valence electrons. The molecule has 4 aromatic rings. The van der Waals surface area contributed by atoms with Crippen LogP contribution in [0.1, 0.15) is 5.69 Å². The van der Waals surface area contributed by atoms with Gasteiger partial charge < -0.3 is 13.9 Å². The van der Waals surface area contributed by atoms with E-state index in [0.29, 0.717) is 12.5 Å². The normalized spacial score (nSPS) is 10.8. The van der Waals surface area contributed by atoms with E-state index < -0.39 is 0 Å². The molecule has 4 heteroatoms. The average Bonchev–Trinajstić information content (AvgIpc) is 3.15. The average molecular weight is 331 g/mol. The maximum atomic E-state index is 5.95. The first-order valence-electron chi connectivity index (χ1n) is 8.03. The van der Waals surface area contributed by atoms with E-state index >= 15 is 0 Å². The van der Waals surface area contributed by atoms with Gasteiger partial charge in [-0.2, -0.15) is 0 Å². The molecule has 0 spiro atoms. The zero-order valence-electron chi connectivity index (χ0n) is 13.8. The largest absolute Gasteiger partial charge is 0.497 e. The molecule has 0 atom stereocenters. The van der Waals surface area contributed by atoms with E-state index in [4.69, 9.17) is 13.9 Å². The molecule has 1 heterocycles. The Bertz CT molecular complexity index is 984. The molecule has 0 aliphatic carbocycles. The van der Waals surface area contributed by atoms with Crippen molar-refractivity contribution in [3.63, 3.8) is 0 Å². The Balaban J connectivity index is 1.51. The highest BCUT2D eigenvalue weighted by atomic mass is 16.5. The van der Waals surface area contributed by atoms with Crippen LogP contribution in [0.5, 0.6) is 11.5 Å². The molecule has 4 nitrogen and oxygen atoms in total. The third-order valence-electron chi connectivity index (χ3n) is 4.01. The first-order valence-corrected chi connectivity index (χ1v) is 8.03. The smallest absolute Gasteiger partial charge is 0.226 e. The second-order valence-electron chi connectivity index (χ2n) is 5.64. The van der Waals surface area contributed by atoms with Gasteiger partial charge in [0.15, 0.2) is 0 Å². The van der Waals surface area contributed by atoms with Crippen molar-refractivity contribution in [3.8, 4) is 23.0 Å². The highest BCUT2D eigenvalue weighted by Gasteiger charge is 2.08. The first kappa shape index (κ1) is 15.3. The standard InChI is InChI=1S/C21H17NO3/c1-23-18-11-9-16(10-12-18)21-22-17(14-25-21)13-24-20-8-4-6-15-5-2-3-7-19(15)20/h2-12,14H,13H2,1H3. The van der Waals surface area contributed by atoms with Gasteiger partial charge in [-0.05, 0) is 35.7 Å². The second kappa shape index (κ2) is 6.69. The number of methoxy groups -OCH3 is 1. The van der Waals surface area contributed by atoms with Gasteiger partial charge in [-0.25, -0.2) is 4.98 Å². The number of oxazole rings is 1. The predicted octanol–water partition coefficient (Wildman–Crippen LogP) is 5.08. The van der Waals surface area contributed by atoms with Crippen molar-refractivity contribution in [1.82, 2.24) is 4.98 Å². The van der Waals surface area contributed by atoms with Gasteiger partial charge >= 0.3 is 0 Å². The SMILES string of the molecule is COc1ccc(-c2nc(COc3cccc4ccccc34)co2)cc1. The number of ether oxygens (including phenoxy) is 2. The molecular formula is C21H17NO3. The number of rotatable bonds is 5. The van der Waals surface area contributed by atoms with Gasteiger partial charge in [-0.1, -0.05) is 36.4 Å². The summed E-state index contributed by atoms with van der Waals surface area (Å²) in [5.41, 5.74) is 1.65. The molecule has 0 fully saturated rings. The van der Waals surface area contributed by atoms with E-state index in [2.05, 4.69) is 23.2 Å². The number of hydrogen-bond donors (Lipinski definition) is 0. The summed E-state index contributed by atoms with van der Waals surface area (Å²) in [6.45, 7) is 0.355. The maximum Gasteiger partial charge on any atom is 0.226 e. The fourth-order valence-electron chi connectivity index (χ4n) is 2.71. The molecule has 25 heavy (non-hydrogen) atoms. The van der Waals surface area contributed by atoms with Crippen molar-refractivity contribution in [1.29, 1.82) is 0 Å². The van der Waals surface area contributed by atoms with Gasteiger partial charge in [-0.3, -0.25) is 0 Å². The molecule has 1 aromatic heterocycles. The number of hydrogen-bond acceptors (Lipinski definition) is 4. The fraction of sp³-hybridized carbons (Fsp3) is 0.0952. The zero-order chi connectivity index (χ0) is 17.1. The van der Waals surface area contributed by atoms with Crippen LogP contribution in [-0.2, 0) is 6.61 Å². The summed E-state index contributed by atoms with van der Waals surface area (Å²) >= 11 is 0. The third-order valence-corrected chi connectivity index (χ3v) is 4.01. The van der Waals surface area contributed by atoms with Crippen LogP contribution in [0.25, 0.3) is 22.2 Å². The van der Waals surface area contributed by atoms with Crippen molar-refractivity contribution >= 4 is 10.8 Å². The Morgan fingerprint density at radius 2 is 1.72 bits per heavy atom. The molecule has 0 unspecified atom stereocenters. The first-order chi connectivity index (χ1) is 12.3. The lowest BCUT2D eigenvalue weighted by molar-refractivity contribution is 0.304. The van der Waals surface area contributed by atoms with E-state index in [9.17, 15) is 0 Å². The highest BCUT2D eigenvalue weighted by Crippen LogP contribution is 2.26. The molecule has 0 bridgehead atoms. The molecule has 0 saturated heterocycles. The van der Waals surface area contributed by atoms with Gasteiger partial charge in [0.05, 0.1) is 7.11 Å². The highest BCUT2D eigenvalue weighted by molar-refractivity contribution is 5.88. The Hall–Kier alpha value is -3.27. The predicted molar refractivity (Wildman–Crippen MR) is 96.8 cm³/mol. The van der Waals surface area contributed by atoms with Gasteiger partial charge in [0.1, 0.15) is 30.1 Å². The van der Waals surface area contributed by atoms with E-state index in [1.54, 1.807) is 13.4 Å². The monoisotopic (exact) mass is 331 g/mol. The molecule has 0 radical (unpaired) electrons. The third kappa shape index (κ3) is 3.19. The van der Waals surface area contributed by atoms with Crippen LogP contribution in [0.4, 0.5) is 0 Å². The Labute approximate surface area is 145 Å². The summed E-state index contributed by atoms with van der Waals surface area (Å²) in [6.07, 6.45) is 1.63. The summed E-state index contributed by atoms with van der Waals surface area (Å²) in [7, 11) is 1.64. The number of benzene rings is 3. The van der Waals surface area contributed by atoms with Gasteiger partial charge in [-0.15, -0.1) is 0 Å². The van der Waals surface area contributed by atoms with E-state index in [1.165, 1.54) is 0 Å². The number of aromatic nitrogens is 1. The van der Waals surface area contributed by atoms with Crippen LogP contribution in [0.3, 0.4) is 0 Å². The molecule has 0 N–H and O–H groups in total. The quantitative estimate of drug-likeness (QED) is 0.511. The molecule has 4 rings (SSSR count). The minimum Gasteiger partial charge on any atom is -0.497 e. The molecule has 0 saturated carbocycles. The van der Waals surface area contributed by atoms with E-state index in [1.807, 2.05) is 48.5 Å². The molecular weight excluding hydrogens is 314 g/mol. The van der Waals surface area contributed by atoms with Crippen LogP contribution < -0.4 is 9.47 Å². The number of nitrogens with zero attached hydrogens (tertiary/aromatic N) is 1. The van der Waals surface area contributed by atoms with Crippen molar-refractivity contribution in [3.05, 3.63) is 78.7 Å². The summed E-state index contributed by atoms with van der Waals surface area (Å²) in [6, 6.07) is 21.8. The fourth-order valence-corrected chi connectivity index (χ4v) is 2.71. The van der Waals surface area contributed by atoms with Crippen molar-refractivity contribution in [2.45, 2.75) is 6.61 Å². The van der Waals surface area contributed by atoms with Crippen LogP contribution in [0.15, 0.2) is 77.4 Å².